The third kappa shape index (κ3) is 3.55. The van der Waals surface area contributed by atoms with Gasteiger partial charge in [-0.25, -0.2) is 19.7 Å². The van der Waals surface area contributed by atoms with Crippen LogP contribution in [0.25, 0.3) is 0 Å². The maximum Gasteiger partial charge on any atom is 0.417 e. The van der Waals surface area contributed by atoms with Gasteiger partial charge in [-0.15, -0.1) is 11.8 Å². The second-order valence-electron chi connectivity index (χ2n) is 5.64. The van der Waals surface area contributed by atoms with E-state index in [0.29, 0.717) is 21.4 Å². The molecule has 0 fully saturated rings. The van der Waals surface area contributed by atoms with Gasteiger partial charge in [-0.2, -0.15) is 0 Å². The fourth-order valence-electron chi connectivity index (χ4n) is 1.95. The number of carbonyl (C=O) groups excluding carboxylic acids is 2. The monoisotopic (exact) mass is 341 g/mol. The summed E-state index contributed by atoms with van der Waals surface area (Å²) in [6.07, 6.45) is 1.23. The largest absolute Gasteiger partial charge is 0.443 e. The van der Waals surface area contributed by atoms with E-state index in [1.807, 2.05) is 13.2 Å². The Hall–Kier alpha value is -1.28. The predicted octanol–water partition coefficient (Wildman–Crippen LogP) is 3.20. The van der Waals surface area contributed by atoms with Crippen molar-refractivity contribution >= 4 is 35.5 Å². The molecular weight excluding hydrogens is 322 g/mol. The molecule has 0 saturated heterocycles. The Labute approximate surface area is 138 Å². The molecule has 1 aliphatic heterocycles. The summed E-state index contributed by atoms with van der Waals surface area (Å²) in [4.78, 5) is 34.6. The molecule has 2 heterocycles. The quantitative estimate of drug-likeness (QED) is 0.475. The molecule has 0 bridgehead atoms. The van der Waals surface area contributed by atoms with Crippen molar-refractivity contribution in [3.63, 3.8) is 0 Å². The lowest BCUT2D eigenvalue weighted by molar-refractivity contribution is 0.0246. The van der Waals surface area contributed by atoms with Crippen molar-refractivity contribution in [1.29, 1.82) is 0 Å². The first-order chi connectivity index (χ1) is 10.3. The van der Waals surface area contributed by atoms with Gasteiger partial charge >= 0.3 is 6.09 Å². The molecule has 1 aliphatic rings. The third-order valence-electron chi connectivity index (χ3n) is 2.77. The SMILES string of the molecule is CCSc1nc(SC)nc2c1C(=O)N(C(=O)OC(C)(C)C)C2. The second kappa shape index (κ2) is 6.45. The molecule has 6 nitrogen and oxygen atoms in total. The van der Waals surface area contributed by atoms with E-state index in [1.165, 1.54) is 23.5 Å². The van der Waals surface area contributed by atoms with Crippen LogP contribution in [0.5, 0.6) is 0 Å². The highest BCUT2D eigenvalue weighted by atomic mass is 32.2. The molecular formula is C14H19N3O3S2. The van der Waals surface area contributed by atoms with Crippen LogP contribution in [0.4, 0.5) is 4.79 Å². The van der Waals surface area contributed by atoms with Crippen LogP contribution in [0.15, 0.2) is 10.2 Å². The highest BCUT2D eigenvalue weighted by molar-refractivity contribution is 7.99. The summed E-state index contributed by atoms with van der Waals surface area (Å²) >= 11 is 2.89. The molecule has 1 aromatic heterocycles. The van der Waals surface area contributed by atoms with Crippen molar-refractivity contribution in [3.05, 3.63) is 11.3 Å². The van der Waals surface area contributed by atoms with Gasteiger partial charge in [0, 0.05) is 0 Å². The van der Waals surface area contributed by atoms with Gasteiger partial charge in [-0.3, -0.25) is 4.79 Å². The van der Waals surface area contributed by atoms with Crippen molar-refractivity contribution in [3.8, 4) is 0 Å². The Kier molecular flexibility index (Phi) is 5.01. The normalized spacial score (nSPS) is 14.2. The maximum atomic E-state index is 12.5. The van der Waals surface area contributed by atoms with Gasteiger partial charge in [-0.1, -0.05) is 18.7 Å². The fourth-order valence-corrected chi connectivity index (χ4v) is 3.16. The van der Waals surface area contributed by atoms with E-state index in [1.54, 1.807) is 20.8 Å². The number of fused-ring (bicyclic) bond motifs is 1. The molecule has 0 spiro atoms. The number of carbonyl (C=O) groups is 2. The number of hydrogen-bond donors (Lipinski definition) is 0. The average Bonchev–Trinajstić information content (AvgIpc) is 2.74. The Bertz CT molecular complexity index is 614. The molecule has 0 saturated carbocycles. The van der Waals surface area contributed by atoms with Crippen LogP contribution in [0, 0.1) is 0 Å². The highest BCUT2D eigenvalue weighted by Crippen LogP contribution is 2.32. The summed E-state index contributed by atoms with van der Waals surface area (Å²) in [7, 11) is 0. The molecule has 120 valence electrons. The number of nitrogens with zero attached hydrogens (tertiary/aromatic N) is 3. The van der Waals surface area contributed by atoms with Crippen LogP contribution < -0.4 is 0 Å². The number of amides is 2. The Morgan fingerprint density at radius 2 is 2.05 bits per heavy atom. The molecule has 1 aromatic rings. The minimum Gasteiger partial charge on any atom is -0.443 e. The summed E-state index contributed by atoms with van der Waals surface area (Å²) in [5.41, 5.74) is 0.366. The first-order valence-corrected chi connectivity index (χ1v) is 9.10. The van der Waals surface area contributed by atoms with Crippen LogP contribution in [-0.4, -0.2) is 44.5 Å². The van der Waals surface area contributed by atoms with Gasteiger partial charge in [0.25, 0.3) is 5.91 Å². The van der Waals surface area contributed by atoms with Crippen LogP contribution in [0.3, 0.4) is 0 Å². The lowest BCUT2D eigenvalue weighted by atomic mass is 10.2. The van der Waals surface area contributed by atoms with E-state index in [0.717, 1.165) is 10.7 Å². The Morgan fingerprint density at radius 3 is 2.59 bits per heavy atom. The van der Waals surface area contributed by atoms with Crippen molar-refractivity contribution < 1.29 is 14.3 Å². The Morgan fingerprint density at radius 1 is 1.36 bits per heavy atom. The van der Waals surface area contributed by atoms with Gasteiger partial charge in [0.1, 0.15) is 10.6 Å². The smallest absolute Gasteiger partial charge is 0.417 e. The standard InChI is InChI=1S/C14H19N3O3S2/c1-6-22-10-9-8(15-12(16-10)21-5)7-17(11(9)18)13(19)20-14(2,3)4/h6-7H2,1-5H3. The van der Waals surface area contributed by atoms with Crippen LogP contribution >= 0.6 is 23.5 Å². The maximum absolute atomic E-state index is 12.5. The summed E-state index contributed by atoms with van der Waals surface area (Å²) in [5.74, 6) is 0.407. The van der Waals surface area contributed by atoms with E-state index < -0.39 is 11.7 Å². The minimum atomic E-state index is -0.650. The number of thioether (sulfide) groups is 2. The molecule has 2 rings (SSSR count). The topological polar surface area (TPSA) is 72.4 Å². The van der Waals surface area contributed by atoms with E-state index in [9.17, 15) is 9.59 Å². The fraction of sp³-hybridized carbons (Fsp3) is 0.571. The predicted molar refractivity (Wildman–Crippen MR) is 86.3 cm³/mol. The van der Waals surface area contributed by atoms with Gasteiger partial charge in [-0.05, 0) is 32.8 Å². The summed E-state index contributed by atoms with van der Waals surface area (Å²) in [6.45, 7) is 7.42. The lowest BCUT2D eigenvalue weighted by Gasteiger charge is -2.23. The van der Waals surface area contributed by atoms with E-state index in [-0.39, 0.29) is 12.5 Å². The van der Waals surface area contributed by atoms with Crippen molar-refractivity contribution in [2.24, 2.45) is 0 Å². The average molecular weight is 341 g/mol. The zero-order valence-electron chi connectivity index (χ0n) is 13.3. The Balaban J connectivity index is 2.34. The number of ether oxygens (including phenoxy) is 1. The second-order valence-corrected chi connectivity index (χ2v) is 7.67. The highest BCUT2D eigenvalue weighted by Gasteiger charge is 2.38. The van der Waals surface area contributed by atoms with Crippen molar-refractivity contribution in [2.75, 3.05) is 12.0 Å². The van der Waals surface area contributed by atoms with Gasteiger partial charge in [0.2, 0.25) is 0 Å². The van der Waals surface area contributed by atoms with E-state index >= 15 is 0 Å². The van der Waals surface area contributed by atoms with Gasteiger partial charge in [0.15, 0.2) is 5.16 Å². The minimum absolute atomic E-state index is 0.135. The molecule has 0 atom stereocenters. The molecule has 0 aromatic carbocycles. The number of hydrogen-bond acceptors (Lipinski definition) is 7. The summed E-state index contributed by atoms with van der Waals surface area (Å²) < 4.78 is 5.29. The van der Waals surface area contributed by atoms with E-state index in [2.05, 4.69) is 9.97 Å². The molecule has 22 heavy (non-hydrogen) atoms. The number of imide groups is 1. The first-order valence-electron chi connectivity index (χ1n) is 6.89. The summed E-state index contributed by atoms with van der Waals surface area (Å²) in [6, 6.07) is 0. The molecule has 8 heteroatoms. The third-order valence-corrected chi connectivity index (χ3v) is 4.18. The molecule has 0 unspecified atom stereocenters. The van der Waals surface area contributed by atoms with Crippen LogP contribution in [0.2, 0.25) is 0 Å². The zero-order chi connectivity index (χ0) is 16.5. The van der Waals surface area contributed by atoms with Gasteiger partial charge in [0.05, 0.1) is 17.8 Å². The molecule has 0 N–H and O–H groups in total. The van der Waals surface area contributed by atoms with Crippen LogP contribution in [0.1, 0.15) is 43.7 Å². The van der Waals surface area contributed by atoms with E-state index in [4.69, 9.17) is 4.74 Å². The number of aromatic nitrogens is 2. The van der Waals surface area contributed by atoms with Gasteiger partial charge < -0.3 is 4.74 Å². The van der Waals surface area contributed by atoms with Crippen LogP contribution in [-0.2, 0) is 11.3 Å². The lowest BCUT2D eigenvalue weighted by Crippen LogP contribution is -2.37. The summed E-state index contributed by atoms with van der Waals surface area (Å²) in [5, 5.41) is 1.24. The van der Waals surface area contributed by atoms with Crippen molar-refractivity contribution in [1.82, 2.24) is 14.9 Å². The van der Waals surface area contributed by atoms with Crippen molar-refractivity contribution in [2.45, 2.75) is 50.0 Å². The first kappa shape index (κ1) is 17.1. The molecule has 0 aliphatic carbocycles. The number of rotatable bonds is 3. The molecule has 0 radical (unpaired) electrons. The molecule has 2 amide bonds. The zero-order valence-corrected chi connectivity index (χ0v) is 14.9.